The van der Waals surface area contributed by atoms with Gasteiger partial charge in [0.25, 0.3) is 10.0 Å². The summed E-state index contributed by atoms with van der Waals surface area (Å²) >= 11 is 0. The Morgan fingerprint density at radius 3 is 2.83 bits per heavy atom. The van der Waals surface area contributed by atoms with Crippen LogP contribution in [0.25, 0.3) is 0 Å². The van der Waals surface area contributed by atoms with Crippen molar-refractivity contribution >= 4 is 10.0 Å². The summed E-state index contributed by atoms with van der Waals surface area (Å²) in [6.07, 6.45) is 4.91. The van der Waals surface area contributed by atoms with Crippen molar-refractivity contribution in [3.8, 4) is 0 Å². The van der Waals surface area contributed by atoms with Crippen LogP contribution in [0.3, 0.4) is 0 Å². The molecule has 2 saturated heterocycles. The second-order valence-electron chi connectivity index (χ2n) is 6.17. The number of hydrogen-bond donors (Lipinski definition) is 0. The number of hydrogen-bond acceptors (Lipinski definition) is 5. The van der Waals surface area contributed by atoms with Crippen LogP contribution in [-0.2, 0) is 26.0 Å². The van der Waals surface area contributed by atoms with Gasteiger partial charge >= 0.3 is 0 Å². The molecule has 3 heterocycles. The summed E-state index contributed by atoms with van der Waals surface area (Å²) in [5.41, 5.74) is -0.329. The molecule has 7 nitrogen and oxygen atoms in total. The van der Waals surface area contributed by atoms with Crippen molar-refractivity contribution in [3.05, 3.63) is 12.3 Å². The summed E-state index contributed by atoms with van der Waals surface area (Å²) < 4.78 is 40.4. The van der Waals surface area contributed by atoms with Crippen molar-refractivity contribution in [2.45, 2.75) is 55.9 Å². The van der Waals surface area contributed by atoms with Gasteiger partial charge in [-0.2, -0.15) is 9.40 Å². The summed E-state index contributed by atoms with van der Waals surface area (Å²) in [6, 6.07) is 1.57. The molecular formula is C15H25N3O4S. The van der Waals surface area contributed by atoms with Gasteiger partial charge in [-0.25, -0.2) is 8.42 Å². The number of aromatic nitrogens is 2. The van der Waals surface area contributed by atoms with E-state index >= 15 is 0 Å². The van der Waals surface area contributed by atoms with Gasteiger partial charge in [-0.1, -0.05) is 0 Å². The van der Waals surface area contributed by atoms with E-state index in [2.05, 4.69) is 5.10 Å². The van der Waals surface area contributed by atoms with Crippen molar-refractivity contribution in [2.24, 2.45) is 0 Å². The van der Waals surface area contributed by atoms with Crippen molar-refractivity contribution in [3.63, 3.8) is 0 Å². The van der Waals surface area contributed by atoms with Gasteiger partial charge in [0.05, 0.1) is 17.9 Å². The molecule has 0 unspecified atom stereocenters. The maximum Gasteiger partial charge on any atom is 0.260 e. The smallest absolute Gasteiger partial charge is 0.260 e. The third kappa shape index (κ3) is 2.93. The van der Waals surface area contributed by atoms with E-state index in [1.807, 2.05) is 6.92 Å². The standard InChI is InChI=1S/C15H25N3O4S/c1-3-18-14(6-9-16-18)23(19,20)17-10-7-15(8-11-17)13(21-2)5-4-12-22-15/h6,9,13H,3-5,7-8,10-12H2,1-2H3/t13-/m0/s1. The lowest BCUT2D eigenvalue weighted by Crippen LogP contribution is -2.56. The van der Waals surface area contributed by atoms with Gasteiger partial charge in [0.1, 0.15) is 0 Å². The van der Waals surface area contributed by atoms with E-state index in [1.165, 1.54) is 10.9 Å². The Balaban J connectivity index is 1.76. The molecule has 0 aromatic carbocycles. The van der Waals surface area contributed by atoms with Gasteiger partial charge in [0, 0.05) is 33.4 Å². The zero-order chi connectivity index (χ0) is 16.5. The topological polar surface area (TPSA) is 73.7 Å². The van der Waals surface area contributed by atoms with Crippen molar-refractivity contribution in [2.75, 3.05) is 26.8 Å². The van der Waals surface area contributed by atoms with E-state index in [-0.39, 0.29) is 16.7 Å². The van der Waals surface area contributed by atoms with E-state index in [9.17, 15) is 8.42 Å². The summed E-state index contributed by atoms with van der Waals surface area (Å²) in [6.45, 7) is 4.06. The quantitative estimate of drug-likeness (QED) is 0.823. The molecule has 8 heteroatoms. The van der Waals surface area contributed by atoms with E-state index in [4.69, 9.17) is 9.47 Å². The molecule has 1 aromatic heterocycles. The van der Waals surface area contributed by atoms with Crippen LogP contribution in [0.1, 0.15) is 32.6 Å². The minimum Gasteiger partial charge on any atom is -0.378 e. The maximum absolute atomic E-state index is 12.8. The minimum atomic E-state index is -3.50. The van der Waals surface area contributed by atoms with Gasteiger partial charge < -0.3 is 9.47 Å². The first kappa shape index (κ1) is 16.9. The third-order valence-corrected chi connectivity index (χ3v) is 6.94. The number of piperidine rings is 1. The van der Waals surface area contributed by atoms with Crippen LogP contribution in [0.5, 0.6) is 0 Å². The molecular weight excluding hydrogens is 318 g/mol. The Morgan fingerprint density at radius 1 is 1.43 bits per heavy atom. The average Bonchev–Trinajstić information content (AvgIpc) is 3.05. The van der Waals surface area contributed by atoms with Gasteiger partial charge in [-0.05, 0) is 38.7 Å². The number of aryl methyl sites for hydroxylation is 1. The predicted octanol–water partition coefficient (Wildman–Crippen LogP) is 1.25. The SMILES string of the molecule is CCn1nccc1S(=O)(=O)N1CCC2(CC1)OCCC[C@@H]2OC. The number of ether oxygens (including phenoxy) is 2. The Labute approximate surface area is 137 Å². The molecule has 1 spiro atoms. The molecule has 0 radical (unpaired) electrons. The van der Waals surface area contributed by atoms with Gasteiger partial charge in [0.2, 0.25) is 0 Å². The molecule has 2 aliphatic heterocycles. The molecule has 3 rings (SSSR count). The lowest BCUT2D eigenvalue weighted by molar-refractivity contribution is -0.182. The highest BCUT2D eigenvalue weighted by molar-refractivity contribution is 7.89. The largest absolute Gasteiger partial charge is 0.378 e. The summed E-state index contributed by atoms with van der Waals surface area (Å²) in [5, 5.41) is 4.34. The normalized spacial score (nSPS) is 25.7. The number of methoxy groups -OCH3 is 1. The zero-order valence-corrected chi connectivity index (χ0v) is 14.6. The van der Waals surface area contributed by atoms with E-state index < -0.39 is 10.0 Å². The molecule has 0 saturated carbocycles. The van der Waals surface area contributed by atoms with Crippen LogP contribution in [0, 0.1) is 0 Å². The molecule has 1 aromatic rings. The molecule has 0 N–H and O–H groups in total. The lowest BCUT2D eigenvalue weighted by atomic mass is 9.82. The van der Waals surface area contributed by atoms with Gasteiger partial charge in [0.15, 0.2) is 5.03 Å². The van der Waals surface area contributed by atoms with Crippen LogP contribution < -0.4 is 0 Å². The number of nitrogens with zero attached hydrogens (tertiary/aromatic N) is 3. The molecule has 0 aliphatic carbocycles. The fraction of sp³-hybridized carbons (Fsp3) is 0.800. The summed E-state index contributed by atoms with van der Waals surface area (Å²) in [5.74, 6) is 0. The van der Waals surface area contributed by atoms with Crippen LogP contribution in [-0.4, -0.2) is 61.0 Å². The summed E-state index contributed by atoms with van der Waals surface area (Å²) in [4.78, 5) is 0. The van der Waals surface area contributed by atoms with Crippen LogP contribution >= 0.6 is 0 Å². The van der Waals surface area contributed by atoms with Gasteiger partial charge in [-0.15, -0.1) is 0 Å². The first-order valence-electron chi connectivity index (χ1n) is 8.22. The molecule has 0 amide bonds. The average molecular weight is 343 g/mol. The molecule has 2 aliphatic rings. The second-order valence-corrected chi connectivity index (χ2v) is 8.05. The maximum atomic E-state index is 12.8. The molecule has 130 valence electrons. The number of rotatable bonds is 4. The highest BCUT2D eigenvalue weighted by Crippen LogP contribution is 2.38. The first-order chi connectivity index (χ1) is 11.0. The molecule has 0 bridgehead atoms. The Morgan fingerprint density at radius 2 is 2.17 bits per heavy atom. The molecule has 1 atom stereocenters. The Bertz CT molecular complexity index is 635. The summed E-state index contributed by atoms with van der Waals surface area (Å²) in [7, 11) is -1.79. The number of sulfonamides is 1. The van der Waals surface area contributed by atoms with Crippen LogP contribution in [0.2, 0.25) is 0 Å². The highest BCUT2D eigenvalue weighted by Gasteiger charge is 2.46. The van der Waals surface area contributed by atoms with Crippen molar-refractivity contribution in [1.82, 2.24) is 14.1 Å². The first-order valence-corrected chi connectivity index (χ1v) is 9.66. The molecule has 2 fully saturated rings. The zero-order valence-electron chi connectivity index (χ0n) is 13.8. The van der Waals surface area contributed by atoms with Crippen molar-refractivity contribution in [1.29, 1.82) is 0 Å². The third-order valence-electron chi connectivity index (χ3n) is 5.02. The monoisotopic (exact) mass is 343 g/mol. The fourth-order valence-corrected chi connectivity index (χ4v) is 5.32. The fourth-order valence-electron chi connectivity index (χ4n) is 3.71. The van der Waals surface area contributed by atoms with Crippen molar-refractivity contribution < 1.29 is 17.9 Å². The molecule has 23 heavy (non-hydrogen) atoms. The van der Waals surface area contributed by atoms with Gasteiger partial charge in [-0.3, -0.25) is 4.68 Å². The Kier molecular flexibility index (Phi) is 4.78. The lowest BCUT2D eigenvalue weighted by Gasteiger charge is -2.47. The van der Waals surface area contributed by atoms with Crippen LogP contribution in [0.4, 0.5) is 0 Å². The predicted molar refractivity (Wildman–Crippen MR) is 84.6 cm³/mol. The van der Waals surface area contributed by atoms with E-state index in [0.717, 1.165) is 19.4 Å². The second kappa shape index (κ2) is 6.51. The van der Waals surface area contributed by atoms with Crippen LogP contribution in [0.15, 0.2) is 17.3 Å². The minimum absolute atomic E-state index is 0.0577. The van der Waals surface area contributed by atoms with E-state index in [1.54, 1.807) is 17.5 Å². The van der Waals surface area contributed by atoms with E-state index in [0.29, 0.717) is 32.5 Å². The highest BCUT2D eigenvalue weighted by atomic mass is 32.2. The Hall–Kier alpha value is -0.960.